The maximum absolute atomic E-state index is 5.90. The zero-order valence-electron chi connectivity index (χ0n) is 12.6. The first-order valence-corrected chi connectivity index (χ1v) is 8.23. The molecule has 0 aliphatic carbocycles. The van der Waals surface area contributed by atoms with E-state index < -0.39 is 0 Å². The molecular formula is C16H24N2OS. The van der Waals surface area contributed by atoms with Crippen molar-refractivity contribution in [1.82, 2.24) is 10.3 Å². The normalized spacial score (nSPS) is 14.6. The van der Waals surface area contributed by atoms with E-state index in [0.29, 0.717) is 6.04 Å². The molecule has 110 valence electrons. The number of rotatable bonds is 8. The highest BCUT2D eigenvalue weighted by Crippen LogP contribution is 2.23. The summed E-state index contributed by atoms with van der Waals surface area (Å²) in [5.41, 5.74) is 1.10. The number of ether oxygens (including phenoxy) is 1. The van der Waals surface area contributed by atoms with Gasteiger partial charge in [0, 0.05) is 19.1 Å². The second-order valence-corrected chi connectivity index (χ2v) is 6.07. The molecule has 2 unspecified atom stereocenters. The van der Waals surface area contributed by atoms with Crippen LogP contribution in [0.15, 0.2) is 24.3 Å². The lowest BCUT2D eigenvalue weighted by molar-refractivity contribution is 0.0301. The van der Waals surface area contributed by atoms with Gasteiger partial charge < -0.3 is 10.1 Å². The van der Waals surface area contributed by atoms with Crippen LogP contribution in [0, 0.1) is 0 Å². The van der Waals surface area contributed by atoms with Crippen LogP contribution in [0.25, 0.3) is 10.2 Å². The van der Waals surface area contributed by atoms with Gasteiger partial charge in [-0.05, 0) is 32.5 Å². The third-order valence-electron chi connectivity index (χ3n) is 3.51. The Balaban J connectivity index is 2.11. The predicted molar refractivity (Wildman–Crippen MR) is 86.5 cm³/mol. The minimum atomic E-state index is 0.266. The summed E-state index contributed by atoms with van der Waals surface area (Å²) < 4.78 is 7.16. The van der Waals surface area contributed by atoms with Crippen molar-refractivity contribution in [3.63, 3.8) is 0 Å². The smallest absolute Gasteiger partial charge is 0.0955 e. The van der Waals surface area contributed by atoms with E-state index >= 15 is 0 Å². The Morgan fingerprint density at radius 1 is 1.30 bits per heavy atom. The van der Waals surface area contributed by atoms with E-state index in [9.17, 15) is 0 Å². The molecule has 4 heteroatoms. The van der Waals surface area contributed by atoms with Gasteiger partial charge in [-0.3, -0.25) is 0 Å². The van der Waals surface area contributed by atoms with Gasteiger partial charge in [-0.2, -0.15) is 0 Å². The molecule has 1 aromatic carbocycles. The molecule has 0 saturated heterocycles. The molecule has 0 aliphatic rings. The van der Waals surface area contributed by atoms with Gasteiger partial charge in [0.1, 0.15) is 0 Å². The maximum atomic E-state index is 5.90. The third kappa shape index (κ3) is 3.78. The van der Waals surface area contributed by atoms with Gasteiger partial charge >= 0.3 is 0 Å². The van der Waals surface area contributed by atoms with Crippen LogP contribution < -0.4 is 5.32 Å². The number of fused-ring (bicyclic) bond motifs is 1. The fraction of sp³-hybridized carbons (Fsp3) is 0.562. The van der Waals surface area contributed by atoms with Gasteiger partial charge in [-0.15, -0.1) is 11.3 Å². The number of para-hydroxylation sites is 1. The molecule has 2 aromatic rings. The Kier molecular flexibility index (Phi) is 5.95. The standard InChI is InChI=1S/C16H24N2OS/c1-4-8-14(19-5-2)13(17-3)11-16-18-12-9-6-7-10-15(12)20-16/h6-7,9-10,13-14,17H,4-5,8,11H2,1-3H3. The molecule has 20 heavy (non-hydrogen) atoms. The van der Waals surface area contributed by atoms with Crippen LogP contribution in [-0.2, 0) is 11.2 Å². The van der Waals surface area contributed by atoms with E-state index in [4.69, 9.17) is 9.72 Å². The molecule has 0 amide bonds. The molecule has 0 spiro atoms. The molecular weight excluding hydrogens is 268 g/mol. The highest BCUT2D eigenvalue weighted by molar-refractivity contribution is 7.18. The number of benzene rings is 1. The molecule has 2 rings (SSSR count). The number of nitrogens with one attached hydrogen (secondary N) is 1. The van der Waals surface area contributed by atoms with Crippen molar-refractivity contribution in [2.24, 2.45) is 0 Å². The van der Waals surface area contributed by atoms with E-state index in [1.54, 1.807) is 11.3 Å². The molecule has 1 N–H and O–H groups in total. The van der Waals surface area contributed by atoms with Gasteiger partial charge in [0.05, 0.1) is 21.3 Å². The fourth-order valence-electron chi connectivity index (χ4n) is 2.51. The van der Waals surface area contributed by atoms with Crippen LogP contribution in [0.1, 0.15) is 31.7 Å². The average molecular weight is 292 g/mol. The fourth-order valence-corrected chi connectivity index (χ4v) is 3.54. The number of nitrogens with zero attached hydrogens (tertiary/aromatic N) is 1. The second-order valence-electron chi connectivity index (χ2n) is 4.96. The molecule has 1 aromatic heterocycles. The van der Waals surface area contributed by atoms with E-state index in [-0.39, 0.29) is 6.10 Å². The first-order valence-electron chi connectivity index (χ1n) is 7.41. The Morgan fingerprint density at radius 3 is 2.75 bits per heavy atom. The van der Waals surface area contributed by atoms with Crippen LogP contribution in [0.4, 0.5) is 0 Å². The lowest BCUT2D eigenvalue weighted by Gasteiger charge is -2.25. The van der Waals surface area contributed by atoms with Gasteiger partial charge in [-0.25, -0.2) is 4.98 Å². The summed E-state index contributed by atoms with van der Waals surface area (Å²) in [5, 5.41) is 4.59. The van der Waals surface area contributed by atoms with Crippen LogP contribution >= 0.6 is 11.3 Å². The molecule has 0 saturated carbocycles. The van der Waals surface area contributed by atoms with Gasteiger partial charge in [0.25, 0.3) is 0 Å². The highest BCUT2D eigenvalue weighted by Gasteiger charge is 2.21. The molecule has 2 atom stereocenters. The quantitative estimate of drug-likeness (QED) is 0.806. The first kappa shape index (κ1) is 15.4. The van der Waals surface area contributed by atoms with E-state index in [1.165, 1.54) is 9.71 Å². The molecule has 3 nitrogen and oxygen atoms in total. The average Bonchev–Trinajstić information content (AvgIpc) is 2.87. The largest absolute Gasteiger partial charge is 0.377 e. The minimum Gasteiger partial charge on any atom is -0.377 e. The zero-order valence-corrected chi connectivity index (χ0v) is 13.4. The lowest BCUT2D eigenvalue weighted by Crippen LogP contribution is -2.41. The third-order valence-corrected chi connectivity index (χ3v) is 4.56. The van der Waals surface area contributed by atoms with Crippen molar-refractivity contribution in [2.45, 2.75) is 45.3 Å². The van der Waals surface area contributed by atoms with Crippen molar-refractivity contribution in [3.05, 3.63) is 29.3 Å². The molecule has 0 fully saturated rings. The number of hydrogen-bond donors (Lipinski definition) is 1. The topological polar surface area (TPSA) is 34.1 Å². The van der Waals surface area contributed by atoms with E-state index in [0.717, 1.165) is 31.4 Å². The van der Waals surface area contributed by atoms with Gasteiger partial charge in [-0.1, -0.05) is 25.5 Å². The summed E-state index contributed by atoms with van der Waals surface area (Å²) in [6.45, 7) is 5.03. The lowest BCUT2D eigenvalue weighted by atomic mass is 10.0. The summed E-state index contributed by atoms with van der Waals surface area (Å²) in [6.07, 6.45) is 3.43. The monoisotopic (exact) mass is 292 g/mol. The van der Waals surface area contributed by atoms with Crippen molar-refractivity contribution in [3.8, 4) is 0 Å². The van der Waals surface area contributed by atoms with Crippen molar-refractivity contribution >= 4 is 21.6 Å². The number of thiazole rings is 1. The molecule has 1 heterocycles. The van der Waals surface area contributed by atoms with Crippen LogP contribution in [0.3, 0.4) is 0 Å². The Bertz CT molecular complexity index is 487. The Hall–Kier alpha value is -0.970. The first-order chi connectivity index (χ1) is 9.78. The Labute approximate surface area is 125 Å². The molecule has 0 bridgehead atoms. The molecule has 0 radical (unpaired) electrons. The molecule has 0 aliphatic heterocycles. The van der Waals surface area contributed by atoms with Crippen molar-refractivity contribution in [2.75, 3.05) is 13.7 Å². The second kappa shape index (κ2) is 7.72. The van der Waals surface area contributed by atoms with Crippen LogP contribution in [0.2, 0.25) is 0 Å². The Morgan fingerprint density at radius 2 is 2.10 bits per heavy atom. The SMILES string of the molecule is CCCC(OCC)C(Cc1nc2ccccc2s1)NC. The van der Waals surface area contributed by atoms with E-state index in [2.05, 4.69) is 37.4 Å². The van der Waals surface area contributed by atoms with Gasteiger partial charge in [0.15, 0.2) is 0 Å². The maximum Gasteiger partial charge on any atom is 0.0955 e. The minimum absolute atomic E-state index is 0.266. The van der Waals surface area contributed by atoms with Crippen LogP contribution in [-0.4, -0.2) is 30.8 Å². The summed E-state index contributed by atoms with van der Waals surface area (Å²) in [4.78, 5) is 4.73. The van der Waals surface area contributed by atoms with Crippen LogP contribution in [0.5, 0.6) is 0 Å². The van der Waals surface area contributed by atoms with Crippen molar-refractivity contribution < 1.29 is 4.74 Å². The van der Waals surface area contributed by atoms with E-state index in [1.807, 2.05) is 13.1 Å². The van der Waals surface area contributed by atoms with Crippen molar-refractivity contribution in [1.29, 1.82) is 0 Å². The summed E-state index contributed by atoms with van der Waals surface area (Å²) in [5.74, 6) is 0. The zero-order chi connectivity index (χ0) is 14.4. The number of aromatic nitrogens is 1. The summed E-state index contributed by atoms with van der Waals surface area (Å²) >= 11 is 1.79. The summed E-state index contributed by atoms with van der Waals surface area (Å²) in [7, 11) is 2.01. The summed E-state index contributed by atoms with van der Waals surface area (Å²) in [6, 6.07) is 8.66. The number of hydrogen-bond acceptors (Lipinski definition) is 4. The predicted octanol–water partition coefficient (Wildman–Crippen LogP) is 3.63. The number of likely N-dealkylation sites (N-methyl/N-ethyl adjacent to an activating group) is 1. The van der Waals surface area contributed by atoms with Gasteiger partial charge in [0.2, 0.25) is 0 Å². The highest BCUT2D eigenvalue weighted by atomic mass is 32.1.